The summed E-state index contributed by atoms with van der Waals surface area (Å²) in [5.74, 6) is 0.246. The molecular formula is C10H12N2O2. The van der Waals surface area contributed by atoms with Gasteiger partial charge in [0.2, 0.25) is 6.41 Å². The van der Waals surface area contributed by atoms with Gasteiger partial charge in [0.1, 0.15) is 5.75 Å². The number of carbonyl (C=O) groups is 1. The summed E-state index contributed by atoms with van der Waals surface area (Å²) in [6.07, 6.45) is 2.55. The van der Waals surface area contributed by atoms with E-state index in [1.165, 1.54) is 0 Å². The molecule has 1 aliphatic heterocycles. The van der Waals surface area contributed by atoms with E-state index in [-0.39, 0.29) is 5.75 Å². The van der Waals surface area contributed by atoms with Crippen LogP contribution in [0.15, 0.2) is 12.1 Å². The Morgan fingerprint density at radius 1 is 1.50 bits per heavy atom. The molecule has 0 saturated carbocycles. The highest BCUT2D eigenvalue weighted by Crippen LogP contribution is 2.36. The molecule has 1 amide bonds. The largest absolute Gasteiger partial charge is 0.506 e. The molecule has 1 heterocycles. The van der Waals surface area contributed by atoms with Gasteiger partial charge in [-0.2, -0.15) is 0 Å². The van der Waals surface area contributed by atoms with Crippen LogP contribution in [0.25, 0.3) is 0 Å². The number of fused-ring (bicyclic) bond motifs is 1. The SMILES string of the molecule is O=CNc1ccc(O)c2c1CCCN2. The average Bonchev–Trinajstić information content (AvgIpc) is 2.23. The second-order valence-electron chi connectivity index (χ2n) is 3.28. The zero-order valence-corrected chi connectivity index (χ0v) is 7.71. The molecule has 0 fully saturated rings. The summed E-state index contributed by atoms with van der Waals surface area (Å²) < 4.78 is 0. The summed E-state index contributed by atoms with van der Waals surface area (Å²) in [5, 5.41) is 15.3. The lowest BCUT2D eigenvalue weighted by Gasteiger charge is -2.21. The smallest absolute Gasteiger partial charge is 0.211 e. The van der Waals surface area contributed by atoms with E-state index >= 15 is 0 Å². The van der Waals surface area contributed by atoms with Gasteiger partial charge in [-0.3, -0.25) is 4.79 Å². The summed E-state index contributed by atoms with van der Waals surface area (Å²) in [4.78, 5) is 10.4. The van der Waals surface area contributed by atoms with Crippen LogP contribution >= 0.6 is 0 Å². The molecule has 2 rings (SSSR count). The molecule has 0 aromatic heterocycles. The van der Waals surface area contributed by atoms with Crippen molar-refractivity contribution in [3.8, 4) is 5.75 Å². The number of amides is 1. The van der Waals surface area contributed by atoms with Crippen molar-refractivity contribution in [2.24, 2.45) is 0 Å². The van der Waals surface area contributed by atoms with Crippen molar-refractivity contribution in [1.29, 1.82) is 0 Å². The van der Waals surface area contributed by atoms with Crippen LogP contribution in [0.5, 0.6) is 5.75 Å². The molecular weight excluding hydrogens is 180 g/mol. The van der Waals surface area contributed by atoms with Crippen LogP contribution in [0.2, 0.25) is 0 Å². The Labute approximate surface area is 81.9 Å². The zero-order chi connectivity index (χ0) is 9.97. The molecule has 0 atom stereocenters. The van der Waals surface area contributed by atoms with Crippen LogP contribution in [0, 0.1) is 0 Å². The molecule has 0 aliphatic carbocycles. The van der Waals surface area contributed by atoms with Crippen molar-refractivity contribution >= 4 is 17.8 Å². The molecule has 0 radical (unpaired) electrons. The predicted molar refractivity (Wildman–Crippen MR) is 54.6 cm³/mol. The van der Waals surface area contributed by atoms with E-state index in [1.807, 2.05) is 0 Å². The molecule has 74 valence electrons. The van der Waals surface area contributed by atoms with Crippen molar-refractivity contribution in [2.45, 2.75) is 12.8 Å². The zero-order valence-electron chi connectivity index (χ0n) is 7.71. The van der Waals surface area contributed by atoms with Gasteiger partial charge in [0.15, 0.2) is 0 Å². The number of benzene rings is 1. The minimum atomic E-state index is 0.246. The van der Waals surface area contributed by atoms with Crippen LogP contribution < -0.4 is 10.6 Å². The maximum Gasteiger partial charge on any atom is 0.211 e. The van der Waals surface area contributed by atoms with Crippen molar-refractivity contribution in [3.63, 3.8) is 0 Å². The molecule has 4 nitrogen and oxygen atoms in total. The summed E-state index contributed by atoms with van der Waals surface area (Å²) in [6.45, 7) is 0.866. The van der Waals surface area contributed by atoms with Crippen molar-refractivity contribution < 1.29 is 9.90 Å². The van der Waals surface area contributed by atoms with E-state index in [4.69, 9.17) is 0 Å². The second-order valence-corrected chi connectivity index (χ2v) is 3.28. The standard InChI is InChI=1S/C10H12N2O2/c13-6-12-8-3-4-9(14)10-7(8)2-1-5-11-10/h3-4,6,11,14H,1-2,5H2,(H,12,13). The molecule has 1 aliphatic rings. The van der Waals surface area contributed by atoms with Crippen molar-refractivity contribution in [1.82, 2.24) is 0 Å². The van der Waals surface area contributed by atoms with Crippen LogP contribution in [-0.2, 0) is 11.2 Å². The van der Waals surface area contributed by atoms with E-state index < -0.39 is 0 Å². The Bertz CT molecular complexity index is 363. The van der Waals surface area contributed by atoms with E-state index in [1.54, 1.807) is 12.1 Å². The third-order valence-electron chi connectivity index (χ3n) is 2.41. The average molecular weight is 192 g/mol. The minimum absolute atomic E-state index is 0.246. The van der Waals surface area contributed by atoms with Gasteiger partial charge in [0.05, 0.1) is 5.69 Å². The fourth-order valence-corrected chi connectivity index (χ4v) is 1.77. The van der Waals surface area contributed by atoms with Crippen LogP contribution in [-0.4, -0.2) is 18.1 Å². The normalized spacial score (nSPS) is 14.0. The van der Waals surface area contributed by atoms with Crippen LogP contribution in [0.4, 0.5) is 11.4 Å². The van der Waals surface area contributed by atoms with Crippen molar-refractivity contribution in [3.05, 3.63) is 17.7 Å². The summed E-state index contributed by atoms with van der Waals surface area (Å²) in [6, 6.07) is 3.30. The Hall–Kier alpha value is -1.71. The topological polar surface area (TPSA) is 61.4 Å². The fraction of sp³-hybridized carbons (Fsp3) is 0.300. The van der Waals surface area contributed by atoms with Gasteiger partial charge in [0.25, 0.3) is 0 Å². The highest BCUT2D eigenvalue weighted by Gasteiger charge is 2.15. The van der Waals surface area contributed by atoms with E-state index in [0.717, 1.165) is 36.3 Å². The lowest BCUT2D eigenvalue weighted by Crippen LogP contribution is -2.13. The quantitative estimate of drug-likeness (QED) is 0.376. The number of anilines is 2. The Morgan fingerprint density at radius 3 is 3.14 bits per heavy atom. The lowest BCUT2D eigenvalue weighted by molar-refractivity contribution is -0.105. The van der Waals surface area contributed by atoms with Gasteiger partial charge in [-0.1, -0.05) is 0 Å². The van der Waals surface area contributed by atoms with Gasteiger partial charge in [-0.15, -0.1) is 0 Å². The Balaban J connectivity index is 2.47. The third kappa shape index (κ3) is 1.39. The van der Waals surface area contributed by atoms with Crippen LogP contribution in [0.1, 0.15) is 12.0 Å². The molecule has 0 spiro atoms. The number of aromatic hydroxyl groups is 1. The number of hydrogen-bond donors (Lipinski definition) is 3. The number of nitrogens with one attached hydrogen (secondary N) is 2. The molecule has 1 aromatic carbocycles. The molecule has 0 bridgehead atoms. The maximum absolute atomic E-state index is 10.4. The fourth-order valence-electron chi connectivity index (χ4n) is 1.77. The maximum atomic E-state index is 10.4. The molecule has 14 heavy (non-hydrogen) atoms. The van der Waals surface area contributed by atoms with Crippen molar-refractivity contribution in [2.75, 3.05) is 17.2 Å². The molecule has 0 unspecified atom stereocenters. The highest BCUT2D eigenvalue weighted by atomic mass is 16.3. The summed E-state index contributed by atoms with van der Waals surface area (Å²) in [7, 11) is 0. The van der Waals surface area contributed by atoms with Gasteiger partial charge >= 0.3 is 0 Å². The summed E-state index contributed by atoms with van der Waals surface area (Å²) >= 11 is 0. The van der Waals surface area contributed by atoms with E-state index in [9.17, 15) is 9.90 Å². The highest BCUT2D eigenvalue weighted by molar-refractivity contribution is 5.80. The van der Waals surface area contributed by atoms with Gasteiger partial charge in [-0.25, -0.2) is 0 Å². The Kier molecular flexibility index (Phi) is 2.26. The van der Waals surface area contributed by atoms with E-state index in [0.29, 0.717) is 6.41 Å². The first-order valence-electron chi connectivity index (χ1n) is 4.62. The second kappa shape index (κ2) is 3.57. The van der Waals surface area contributed by atoms with Gasteiger partial charge in [0, 0.05) is 17.8 Å². The number of rotatable bonds is 2. The summed E-state index contributed by atoms with van der Waals surface area (Å²) in [5.41, 5.74) is 2.52. The van der Waals surface area contributed by atoms with Gasteiger partial charge in [-0.05, 0) is 25.0 Å². The molecule has 1 aromatic rings. The first-order chi connectivity index (χ1) is 6.83. The predicted octanol–water partition coefficient (Wildman–Crippen LogP) is 1.32. The minimum Gasteiger partial charge on any atom is -0.506 e. The molecule has 4 heteroatoms. The molecule has 0 saturated heterocycles. The van der Waals surface area contributed by atoms with Gasteiger partial charge < -0.3 is 15.7 Å². The number of carbonyl (C=O) groups excluding carboxylic acids is 1. The van der Waals surface area contributed by atoms with Crippen LogP contribution in [0.3, 0.4) is 0 Å². The monoisotopic (exact) mass is 192 g/mol. The number of hydrogen-bond acceptors (Lipinski definition) is 3. The van der Waals surface area contributed by atoms with E-state index in [2.05, 4.69) is 10.6 Å². The Morgan fingerprint density at radius 2 is 2.36 bits per heavy atom. The lowest BCUT2D eigenvalue weighted by atomic mass is 10.0. The number of phenols is 1. The third-order valence-corrected chi connectivity index (χ3v) is 2.41. The molecule has 3 N–H and O–H groups in total. The first kappa shape index (κ1) is 8.87. The first-order valence-corrected chi connectivity index (χ1v) is 4.62. The number of phenolic OH excluding ortho intramolecular Hbond substituents is 1.